The lowest BCUT2D eigenvalue weighted by atomic mass is 10.1. The number of ether oxygens (including phenoxy) is 1. The maximum atomic E-state index is 12.5. The minimum atomic E-state index is -0.605. The predicted molar refractivity (Wildman–Crippen MR) is 105 cm³/mol. The highest BCUT2D eigenvalue weighted by molar-refractivity contribution is 6.06. The number of anilines is 3. The van der Waals surface area contributed by atoms with Gasteiger partial charge in [0.05, 0.1) is 5.56 Å². The molecule has 0 fully saturated rings. The fourth-order valence-electron chi connectivity index (χ4n) is 2.45. The molecule has 27 heavy (non-hydrogen) atoms. The smallest absolute Gasteiger partial charge is 0.259 e. The Labute approximate surface area is 157 Å². The van der Waals surface area contributed by atoms with E-state index in [-0.39, 0.29) is 12.5 Å². The fourth-order valence-corrected chi connectivity index (χ4v) is 2.45. The molecule has 0 aliphatic rings. The molecule has 0 heterocycles. The molecule has 0 spiro atoms. The molecule has 0 aliphatic carbocycles. The Morgan fingerprint density at radius 1 is 0.778 bits per heavy atom. The first-order valence-electron chi connectivity index (χ1n) is 8.35. The maximum Gasteiger partial charge on any atom is 0.259 e. The van der Waals surface area contributed by atoms with Crippen molar-refractivity contribution in [2.45, 2.75) is 0 Å². The van der Waals surface area contributed by atoms with E-state index in [4.69, 9.17) is 10.5 Å². The molecule has 3 aromatic carbocycles. The van der Waals surface area contributed by atoms with Gasteiger partial charge in [-0.25, -0.2) is 0 Å². The van der Waals surface area contributed by atoms with Gasteiger partial charge in [-0.05, 0) is 48.5 Å². The summed E-state index contributed by atoms with van der Waals surface area (Å²) in [4.78, 5) is 23.4. The molecule has 0 saturated carbocycles. The Morgan fingerprint density at radius 2 is 1.37 bits per heavy atom. The van der Waals surface area contributed by atoms with Gasteiger partial charge in [0.1, 0.15) is 5.75 Å². The van der Waals surface area contributed by atoms with Gasteiger partial charge in [-0.3, -0.25) is 9.59 Å². The third-order valence-corrected chi connectivity index (χ3v) is 3.71. The molecule has 0 aromatic heterocycles. The van der Waals surface area contributed by atoms with E-state index in [0.717, 1.165) is 11.4 Å². The number of carbonyl (C=O) groups excluding carboxylic acids is 2. The zero-order chi connectivity index (χ0) is 19.1. The molecule has 4 N–H and O–H groups in total. The largest absolute Gasteiger partial charge is 0.483 e. The molecule has 6 heteroatoms. The number of carbonyl (C=O) groups is 2. The number of rotatable bonds is 7. The van der Waals surface area contributed by atoms with Gasteiger partial charge in [-0.15, -0.1) is 0 Å². The molecule has 136 valence electrons. The highest BCUT2D eigenvalue weighted by atomic mass is 16.5. The van der Waals surface area contributed by atoms with Crippen LogP contribution < -0.4 is 21.1 Å². The average molecular weight is 361 g/mol. The quantitative estimate of drug-likeness (QED) is 0.600. The van der Waals surface area contributed by atoms with Crippen molar-refractivity contribution < 1.29 is 14.3 Å². The van der Waals surface area contributed by atoms with Crippen molar-refractivity contribution in [3.63, 3.8) is 0 Å². The summed E-state index contributed by atoms with van der Waals surface area (Å²) < 4.78 is 5.30. The summed E-state index contributed by atoms with van der Waals surface area (Å²) in [5.41, 5.74) is 7.94. The second-order valence-electron chi connectivity index (χ2n) is 5.77. The number of amides is 2. The van der Waals surface area contributed by atoms with Crippen LogP contribution in [0, 0.1) is 0 Å². The summed E-state index contributed by atoms with van der Waals surface area (Å²) in [6, 6.07) is 23.8. The summed E-state index contributed by atoms with van der Waals surface area (Å²) in [6.07, 6.45) is 0. The van der Waals surface area contributed by atoms with Crippen molar-refractivity contribution in [3.05, 3.63) is 84.4 Å². The lowest BCUT2D eigenvalue weighted by molar-refractivity contribution is -0.119. The van der Waals surface area contributed by atoms with Crippen molar-refractivity contribution in [2.75, 3.05) is 17.2 Å². The molecular weight excluding hydrogens is 342 g/mol. The van der Waals surface area contributed by atoms with E-state index in [2.05, 4.69) is 10.6 Å². The molecule has 2 amide bonds. The van der Waals surface area contributed by atoms with Crippen LogP contribution in [0.15, 0.2) is 78.9 Å². The Morgan fingerprint density at radius 3 is 2.07 bits per heavy atom. The van der Waals surface area contributed by atoms with E-state index in [0.29, 0.717) is 17.0 Å². The van der Waals surface area contributed by atoms with Crippen molar-refractivity contribution in [2.24, 2.45) is 5.73 Å². The average Bonchev–Trinajstić information content (AvgIpc) is 2.69. The lowest BCUT2D eigenvalue weighted by Gasteiger charge is -2.11. The van der Waals surface area contributed by atoms with E-state index in [1.54, 1.807) is 36.4 Å². The topological polar surface area (TPSA) is 93.5 Å². The van der Waals surface area contributed by atoms with E-state index in [1.165, 1.54) is 0 Å². The summed E-state index contributed by atoms with van der Waals surface area (Å²) >= 11 is 0. The number of para-hydroxylation sites is 2. The number of hydrogen-bond donors (Lipinski definition) is 3. The monoisotopic (exact) mass is 361 g/mol. The number of hydrogen-bond acceptors (Lipinski definition) is 4. The van der Waals surface area contributed by atoms with Gasteiger partial charge in [-0.1, -0.05) is 30.3 Å². The molecule has 6 nitrogen and oxygen atoms in total. The third kappa shape index (κ3) is 5.09. The number of nitrogens with one attached hydrogen (secondary N) is 2. The number of nitrogens with two attached hydrogens (primary N) is 1. The van der Waals surface area contributed by atoms with Crippen LogP contribution in [0.1, 0.15) is 10.4 Å². The molecule has 0 radical (unpaired) electrons. The van der Waals surface area contributed by atoms with Gasteiger partial charge in [0.2, 0.25) is 0 Å². The van der Waals surface area contributed by atoms with Gasteiger partial charge in [0.15, 0.2) is 6.61 Å². The summed E-state index contributed by atoms with van der Waals surface area (Å²) in [6.45, 7) is -0.288. The van der Waals surface area contributed by atoms with Crippen LogP contribution in [0.2, 0.25) is 0 Å². The number of benzene rings is 3. The highest BCUT2D eigenvalue weighted by Gasteiger charge is 2.13. The Bertz CT molecular complexity index is 925. The van der Waals surface area contributed by atoms with Crippen LogP contribution >= 0.6 is 0 Å². The highest BCUT2D eigenvalue weighted by Crippen LogP contribution is 2.22. The second kappa shape index (κ2) is 8.53. The van der Waals surface area contributed by atoms with Crippen LogP contribution in [0.25, 0.3) is 0 Å². The van der Waals surface area contributed by atoms with Crippen molar-refractivity contribution in [1.29, 1.82) is 0 Å². The minimum Gasteiger partial charge on any atom is -0.483 e. The molecule has 3 aromatic rings. The summed E-state index contributed by atoms with van der Waals surface area (Å²) in [7, 11) is 0. The van der Waals surface area contributed by atoms with Crippen molar-refractivity contribution in [1.82, 2.24) is 0 Å². The van der Waals surface area contributed by atoms with Gasteiger partial charge < -0.3 is 21.1 Å². The molecular formula is C21H19N3O3. The van der Waals surface area contributed by atoms with Gasteiger partial charge in [0, 0.05) is 17.1 Å². The van der Waals surface area contributed by atoms with Crippen LogP contribution in [0.3, 0.4) is 0 Å². The minimum absolute atomic E-state index is 0.288. The van der Waals surface area contributed by atoms with Crippen LogP contribution in [-0.2, 0) is 4.79 Å². The van der Waals surface area contributed by atoms with E-state index in [9.17, 15) is 9.59 Å². The predicted octanol–water partition coefficient (Wildman–Crippen LogP) is 3.55. The first-order valence-corrected chi connectivity index (χ1v) is 8.35. The van der Waals surface area contributed by atoms with Crippen LogP contribution in [0.5, 0.6) is 5.75 Å². The Balaban J connectivity index is 1.67. The van der Waals surface area contributed by atoms with Gasteiger partial charge in [0.25, 0.3) is 11.8 Å². The summed E-state index contributed by atoms with van der Waals surface area (Å²) in [5.74, 6) is -0.637. The summed E-state index contributed by atoms with van der Waals surface area (Å²) in [5, 5.41) is 6.09. The van der Waals surface area contributed by atoms with Crippen LogP contribution in [-0.4, -0.2) is 18.4 Å². The molecule has 0 saturated heterocycles. The first kappa shape index (κ1) is 18.0. The molecule has 3 rings (SSSR count). The zero-order valence-corrected chi connectivity index (χ0v) is 14.5. The molecule has 0 atom stereocenters. The molecule has 0 aliphatic heterocycles. The van der Waals surface area contributed by atoms with Crippen LogP contribution in [0.4, 0.5) is 17.1 Å². The fraction of sp³-hybridized carbons (Fsp3) is 0.0476. The second-order valence-corrected chi connectivity index (χ2v) is 5.77. The van der Waals surface area contributed by atoms with Gasteiger partial charge in [-0.2, -0.15) is 0 Å². The molecule has 0 bridgehead atoms. The standard InChI is InChI=1S/C21H19N3O3/c22-20(25)14-27-19-9-5-4-8-18(19)21(26)24-17-12-10-16(11-13-17)23-15-6-2-1-3-7-15/h1-13,23H,14H2,(H2,22,25)(H,24,26). The normalized spacial score (nSPS) is 10.1. The first-order chi connectivity index (χ1) is 13.1. The van der Waals surface area contributed by atoms with E-state index in [1.807, 2.05) is 42.5 Å². The number of primary amides is 1. The SMILES string of the molecule is NC(=O)COc1ccccc1C(=O)Nc1ccc(Nc2ccccc2)cc1. The van der Waals surface area contributed by atoms with Crippen molar-refractivity contribution in [3.8, 4) is 5.75 Å². The maximum absolute atomic E-state index is 12.5. The zero-order valence-electron chi connectivity index (χ0n) is 14.5. The third-order valence-electron chi connectivity index (χ3n) is 3.71. The van der Waals surface area contributed by atoms with Crippen molar-refractivity contribution >= 4 is 28.9 Å². The van der Waals surface area contributed by atoms with E-state index >= 15 is 0 Å². The Kier molecular flexibility index (Phi) is 5.69. The molecule has 0 unspecified atom stereocenters. The van der Waals surface area contributed by atoms with E-state index < -0.39 is 5.91 Å². The van der Waals surface area contributed by atoms with Gasteiger partial charge >= 0.3 is 0 Å². The lowest BCUT2D eigenvalue weighted by Crippen LogP contribution is -2.21. The Hall–Kier alpha value is -3.80.